The molecule has 9 heteroatoms. The Labute approximate surface area is 122 Å². The highest BCUT2D eigenvalue weighted by Crippen LogP contribution is 2.22. The molecule has 2 heterocycles. The minimum absolute atomic E-state index is 0.0731. The molecule has 0 saturated heterocycles. The van der Waals surface area contributed by atoms with E-state index in [1.165, 1.54) is 17.2 Å². The van der Waals surface area contributed by atoms with Gasteiger partial charge in [0.1, 0.15) is 17.2 Å². The van der Waals surface area contributed by atoms with Gasteiger partial charge >= 0.3 is 5.76 Å². The Bertz CT molecular complexity index is 645. The average Bonchev–Trinajstić information content (AvgIpc) is 2.79. The van der Waals surface area contributed by atoms with Crippen molar-refractivity contribution in [3.05, 3.63) is 44.8 Å². The van der Waals surface area contributed by atoms with E-state index in [1.54, 1.807) is 0 Å². The number of aromatic nitrogens is 2. The minimum atomic E-state index is -2.58. The van der Waals surface area contributed by atoms with Crippen LogP contribution in [0, 0.1) is 0 Å². The molecule has 0 atom stereocenters. The third-order valence-corrected chi connectivity index (χ3v) is 3.12. The molecule has 0 bridgehead atoms. The number of nitrogens with zero attached hydrogens (tertiary/aromatic N) is 2. The number of hydrogen-bond acceptors (Lipinski definition) is 4. The molecule has 0 saturated carbocycles. The van der Waals surface area contributed by atoms with Crippen molar-refractivity contribution in [3.63, 3.8) is 0 Å². The molecule has 0 aliphatic rings. The molecule has 0 fully saturated rings. The van der Waals surface area contributed by atoms with Gasteiger partial charge in [0.15, 0.2) is 0 Å². The van der Waals surface area contributed by atoms with Gasteiger partial charge < -0.3 is 9.32 Å². The zero-order valence-corrected chi connectivity index (χ0v) is 11.5. The predicted octanol–water partition coefficient (Wildman–Crippen LogP) is 2.94. The normalized spacial score (nSPS) is 11.1. The Balaban J connectivity index is 2.23. The van der Waals surface area contributed by atoms with Crippen LogP contribution >= 0.6 is 23.2 Å². The van der Waals surface area contributed by atoms with Gasteiger partial charge in [-0.2, -0.15) is 0 Å². The summed E-state index contributed by atoms with van der Waals surface area (Å²) in [6.07, 6.45) is -0.0790. The summed E-state index contributed by atoms with van der Waals surface area (Å²) in [4.78, 5) is 18.3. The third-order valence-electron chi connectivity index (χ3n) is 2.43. The van der Waals surface area contributed by atoms with E-state index >= 15 is 0 Å². The summed E-state index contributed by atoms with van der Waals surface area (Å²) in [5.74, 6) is -0.562. The number of alkyl halides is 2. The predicted molar refractivity (Wildman–Crippen MR) is 70.6 cm³/mol. The second kappa shape index (κ2) is 6.23. The van der Waals surface area contributed by atoms with E-state index in [9.17, 15) is 13.6 Å². The molecule has 20 heavy (non-hydrogen) atoms. The standard InChI is InChI=1S/C11H9Cl2F2N3O2/c12-7-1-6(2-16-10(7)13)3-18(4-8(14)15)9-5-20-11(19)17-9/h1-2,5,8H,3-4H2,(H,17,19). The number of H-pyrrole nitrogens is 1. The molecule has 0 unspecified atom stereocenters. The van der Waals surface area contributed by atoms with Crippen LogP contribution in [0.3, 0.4) is 0 Å². The Morgan fingerprint density at radius 2 is 2.20 bits per heavy atom. The number of rotatable bonds is 5. The number of nitrogens with one attached hydrogen (secondary N) is 1. The summed E-state index contributed by atoms with van der Waals surface area (Å²) < 4.78 is 29.7. The number of pyridine rings is 1. The molecule has 2 aromatic rings. The molecular weight excluding hydrogens is 315 g/mol. The first-order chi connectivity index (χ1) is 9.45. The van der Waals surface area contributed by atoms with Crippen LogP contribution in [0.25, 0.3) is 0 Å². The van der Waals surface area contributed by atoms with Crippen LogP contribution in [0.2, 0.25) is 10.2 Å². The molecule has 2 rings (SSSR count). The Morgan fingerprint density at radius 1 is 1.45 bits per heavy atom. The van der Waals surface area contributed by atoms with Gasteiger partial charge in [0.05, 0.1) is 11.6 Å². The van der Waals surface area contributed by atoms with Crippen LogP contribution < -0.4 is 10.7 Å². The highest BCUT2D eigenvalue weighted by molar-refractivity contribution is 6.41. The van der Waals surface area contributed by atoms with Gasteiger partial charge in [-0.1, -0.05) is 23.2 Å². The first-order valence-corrected chi connectivity index (χ1v) is 6.22. The maximum atomic E-state index is 12.6. The molecule has 0 aliphatic carbocycles. The largest absolute Gasteiger partial charge is 0.417 e. The Kier molecular flexibility index (Phi) is 4.61. The number of aromatic amines is 1. The number of halogens is 4. The summed E-state index contributed by atoms with van der Waals surface area (Å²) in [6.45, 7) is -0.501. The number of oxazole rings is 1. The van der Waals surface area contributed by atoms with Gasteiger partial charge in [0.25, 0.3) is 6.43 Å². The minimum Gasteiger partial charge on any atom is -0.414 e. The molecule has 108 valence electrons. The maximum Gasteiger partial charge on any atom is 0.417 e. The van der Waals surface area contributed by atoms with Crippen molar-refractivity contribution in [2.45, 2.75) is 13.0 Å². The van der Waals surface area contributed by atoms with Crippen molar-refractivity contribution in [2.24, 2.45) is 0 Å². The van der Waals surface area contributed by atoms with E-state index in [0.29, 0.717) is 5.56 Å². The molecule has 1 N–H and O–H groups in total. The summed E-state index contributed by atoms with van der Waals surface area (Å²) >= 11 is 11.5. The van der Waals surface area contributed by atoms with Gasteiger partial charge in [-0.05, 0) is 11.6 Å². The molecule has 0 spiro atoms. The SMILES string of the molecule is O=c1[nH]c(N(Cc2cnc(Cl)c(Cl)c2)CC(F)F)co1. The Hall–Kier alpha value is -1.60. The first-order valence-electron chi connectivity index (χ1n) is 5.46. The van der Waals surface area contributed by atoms with Gasteiger partial charge in [-0.3, -0.25) is 4.98 Å². The van der Waals surface area contributed by atoms with Crippen LogP contribution in [0.4, 0.5) is 14.6 Å². The lowest BCUT2D eigenvalue weighted by atomic mass is 10.2. The van der Waals surface area contributed by atoms with Crippen molar-refractivity contribution >= 4 is 29.0 Å². The van der Waals surface area contributed by atoms with E-state index in [4.69, 9.17) is 23.2 Å². The average molecular weight is 324 g/mol. The van der Waals surface area contributed by atoms with Crippen LogP contribution in [-0.2, 0) is 6.54 Å². The second-order valence-corrected chi connectivity index (χ2v) is 4.69. The highest BCUT2D eigenvalue weighted by atomic mass is 35.5. The van der Waals surface area contributed by atoms with E-state index in [1.807, 2.05) is 0 Å². The maximum absolute atomic E-state index is 12.6. The number of anilines is 1. The van der Waals surface area contributed by atoms with Crippen molar-refractivity contribution in [1.82, 2.24) is 9.97 Å². The molecule has 0 amide bonds. The Morgan fingerprint density at radius 3 is 2.75 bits per heavy atom. The van der Waals surface area contributed by atoms with E-state index in [-0.39, 0.29) is 22.5 Å². The molecule has 2 aromatic heterocycles. The van der Waals surface area contributed by atoms with Gasteiger partial charge in [0, 0.05) is 12.7 Å². The van der Waals surface area contributed by atoms with Crippen LogP contribution in [-0.4, -0.2) is 22.9 Å². The first kappa shape index (κ1) is 14.8. The highest BCUT2D eigenvalue weighted by Gasteiger charge is 2.16. The van der Waals surface area contributed by atoms with Gasteiger partial charge in [0.2, 0.25) is 0 Å². The smallest absolute Gasteiger partial charge is 0.414 e. The molecule has 5 nitrogen and oxygen atoms in total. The summed E-state index contributed by atoms with van der Waals surface area (Å²) in [5.41, 5.74) is 0.571. The van der Waals surface area contributed by atoms with E-state index < -0.39 is 18.7 Å². The third kappa shape index (κ3) is 3.71. The topological polar surface area (TPSA) is 62.1 Å². The van der Waals surface area contributed by atoms with Crippen LogP contribution in [0.15, 0.2) is 27.7 Å². The van der Waals surface area contributed by atoms with Gasteiger partial charge in [-0.25, -0.2) is 18.6 Å². The molecular formula is C11H9Cl2F2N3O2. The molecule has 0 aromatic carbocycles. The summed E-state index contributed by atoms with van der Waals surface area (Å²) in [7, 11) is 0. The zero-order valence-electron chi connectivity index (χ0n) is 9.95. The van der Waals surface area contributed by atoms with Crippen LogP contribution in [0.5, 0.6) is 0 Å². The van der Waals surface area contributed by atoms with Crippen molar-refractivity contribution < 1.29 is 13.2 Å². The lowest BCUT2D eigenvalue weighted by Gasteiger charge is -2.21. The van der Waals surface area contributed by atoms with Crippen molar-refractivity contribution in [3.8, 4) is 0 Å². The summed E-state index contributed by atoms with van der Waals surface area (Å²) in [6, 6.07) is 1.52. The lowest BCUT2D eigenvalue weighted by Crippen LogP contribution is -2.29. The fraction of sp³-hybridized carbons (Fsp3) is 0.273. The fourth-order valence-electron chi connectivity index (χ4n) is 1.61. The number of hydrogen-bond donors (Lipinski definition) is 1. The van der Waals surface area contributed by atoms with Crippen molar-refractivity contribution in [2.75, 3.05) is 11.4 Å². The summed E-state index contributed by atoms with van der Waals surface area (Å²) in [5, 5.41) is 0.356. The fourth-order valence-corrected chi connectivity index (χ4v) is 1.90. The van der Waals surface area contributed by atoms with Crippen molar-refractivity contribution in [1.29, 1.82) is 0 Å². The van der Waals surface area contributed by atoms with Gasteiger partial charge in [-0.15, -0.1) is 0 Å². The monoisotopic (exact) mass is 323 g/mol. The zero-order chi connectivity index (χ0) is 14.7. The van der Waals surface area contributed by atoms with Crippen LogP contribution in [0.1, 0.15) is 5.56 Å². The molecule has 0 radical (unpaired) electrons. The molecule has 0 aliphatic heterocycles. The lowest BCUT2D eigenvalue weighted by molar-refractivity contribution is 0.154. The quantitative estimate of drug-likeness (QED) is 0.859. The van der Waals surface area contributed by atoms with E-state index in [0.717, 1.165) is 6.26 Å². The second-order valence-electron chi connectivity index (χ2n) is 3.92. The van der Waals surface area contributed by atoms with E-state index in [2.05, 4.69) is 14.4 Å².